The second-order valence-corrected chi connectivity index (χ2v) is 8.28. The second kappa shape index (κ2) is 10.8. The number of Topliss-reactive ketones (excluding diaryl/α,β-unsaturated/α-hetero) is 1. The zero-order valence-corrected chi connectivity index (χ0v) is 20.2. The first-order valence-corrected chi connectivity index (χ1v) is 11.3. The fourth-order valence-electron chi connectivity index (χ4n) is 3.45. The number of rotatable bonds is 8. The smallest absolute Gasteiger partial charge is 0.416 e. The number of ketones is 1. The van der Waals surface area contributed by atoms with Gasteiger partial charge in [-0.3, -0.25) is 14.9 Å². The summed E-state index contributed by atoms with van der Waals surface area (Å²) in [5.74, 6) is -1.69. The summed E-state index contributed by atoms with van der Waals surface area (Å²) < 4.78 is 57.6. The molecule has 0 aromatic heterocycles. The van der Waals surface area contributed by atoms with Crippen LogP contribution in [0, 0.1) is 10.1 Å². The van der Waals surface area contributed by atoms with Crippen molar-refractivity contribution in [2.24, 2.45) is 0 Å². The van der Waals surface area contributed by atoms with Gasteiger partial charge in [-0.15, -0.1) is 0 Å². The Labute approximate surface area is 219 Å². The number of ether oxygens (including phenoxy) is 3. The van der Waals surface area contributed by atoms with E-state index in [1.54, 1.807) is 18.2 Å². The third kappa shape index (κ3) is 6.04. The first-order valence-electron chi connectivity index (χ1n) is 10.9. The van der Waals surface area contributed by atoms with Crippen molar-refractivity contribution in [1.29, 1.82) is 0 Å². The van der Waals surface area contributed by atoms with Crippen molar-refractivity contribution in [2.75, 3.05) is 0 Å². The molecule has 0 bridgehead atoms. The highest BCUT2D eigenvalue weighted by Gasteiger charge is 2.33. The van der Waals surface area contributed by atoms with Crippen molar-refractivity contribution in [1.82, 2.24) is 0 Å². The fraction of sp³-hybridized carbons (Fsp3) is 0.0741. The molecule has 0 heterocycles. The number of nitro benzene ring substituents is 1. The summed E-state index contributed by atoms with van der Waals surface area (Å²) in [6, 6.07) is 18.9. The molecule has 0 spiro atoms. The van der Waals surface area contributed by atoms with E-state index >= 15 is 0 Å². The molecular formula is C27H17ClF3NO6. The van der Waals surface area contributed by atoms with E-state index in [0.717, 1.165) is 31.2 Å². The molecule has 4 aromatic rings. The van der Waals surface area contributed by atoms with E-state index in [1.165, 1.54) is 42.5 Å². The summed E-state index contributed by atoms with van der Waals surface area (Å²) in [4.78, 5) is 23.8. The molecule has 4 rings (SSSR count). The van der Waals surface area contributed by atoms with Gasteiger partial charge < -0.3 is 14.2 Å². The molecule has 194 valence electrons. The van der Waals surface area contributed by atoms with Crippen molar-refractivity contribution in [3.05, 3.63) is 111 Å². The van der Waals surface area contributed by atoms with E-state index in [0.29, 0.717) is 5.02 Å². The molecule has 7 nitrogen and oxygen atoms in total. The van der Waals surface area contributed by atoms with Gasteiger partial charge in [0.05, 0.1) is 16.6 Å². The van der Waals surface area contributed by atoms with Gasteiger partial charge in [0.25, 0.3) is 5.69 Å². The quantitative estimate of drug-likeness (QED) is 0.125. The topological polar surface area (TPSA) is 87.9 Å². The summed E-state index contributed by atoms with van der Waals surface area (Å²) in [6.07, 6.45) is -4.66. The van der Waals surface area contributed by atoms with E-state index < -0.39 is 39.4 Å². The standard InChI is InChI=1S/C27H17ClF3NO6/c1-16(33)24-22(32(34)35)15-23(36-20-12-10-18(28)11-13-20)25(26(24)37-19-7-3-2-4-8-19)38-21-9-5-6-17(14-21)27(29,30)31/h2-15H,1H3. The number of benzene rings is 4. The van der Waals surface area contributed by atoms with Gasteiger partial charge in [0.1, 0.15) is 22.8 Å². The second-order valence-electron chi connectivity index (χ2n) is 7.84. The maximum absolute atomic E-state index is 13.3. The van der Waals surface area contributed by atoms with Crippen molar-refractivity contribution >= 4 is 23.1 Å². The van der Waals surface area contributed by atoms with Gasteiger partial charge in [-0.2, -0.15) is 13.2 Å². The van der Waals surface area contributed by atoms with Crippen LogP contribution in [0.4, 0.5) is 18.9 Å². The van der Waals surface area contributed by atoms with Gasteiger partial charge in [0.15, 0.2) is 17.3 Å². The van der Waals surface area contributed by atoms with Crippen LogP contribution in [0.25, 0.3) is 0 Å². The van der Waals surface area contributed by atoms with Crippen LogP contribution in [0.5, 0.6) is 34.5 Å². The first-order chi connectivity index (χ1) is 18.0. The van der Waals surface area contributed by atoms with Crippen LogP contribution in [0.3, 0.4) is 0 Å². The molecule has 0 atom stereocenters. The zero-order chi connectivity index (χ0) is 27.4. The Morgan fingerprint density at radius 2 is 1.42 bits per heavy atom. The summed E-state index contributed by atoms with van der Waals surface area (Å²) in [6.45, 7) is 1.09. The molecule has 0 aliphatic carbocycles. The van der Waals surface area contributed by atoms with Crippen molar-refractivity contribution in [3.8, 4) is 34.5 Å². The fourth-order valence-corrected chi connectivity index (χ4v) is 3.57. The number of hydrogen-bond donors (Lipinski definition) is 0. The lowest BCUT2D eigenvalue weighted by atomic mass is 10.1. The van der Waals surface area contributed by atoms with Gasteiger partial charge in [-0.25, -0.2) is 0 Å². The summed E-state index contributed by atoms with van der Waals surface area (Å²) in [5.41, 5.74) is -2.09. The van der Waals surface area contributed by atoms with Crippen LogP contribution >= 0.6 is 11.6 Å². The molecular weight excluding hydrogens is 527 g/mol. The number of carbonyl (C=O) groups excluding carboxylic acids is 1. The lowest BCUT2D eigenvalue weighted by Crippen LogP contribution is -2.07. The monoisotopic (exact) mass is 543 g/mol. The van der Waals surface area contributed by atoms with Crippen molar-refractivity contribution in [3.63, 3.8) is 0 Å². The van der Waals surface area contributed by atoms with E-state index in [-0.39, 0.29) is 28.7 Å². The average molecular weight is 544 g/mol. The number of para-hydroxylation sites is 1. The highest BCUT2D eigenvalue weighted by molar-refractivity contribution is 6.30. The minimum absolute atomic E-state index is 0.179. The Hall–Kier alpha value is -4.57. The SMILES string of the molecule is CC(=O)c1c([N+](=O)[O-])cc(Oc2ccc(Cl)cc2)c(Oc2cccc(C(F)(F)F)c2)c1Oc1ccccc1. The molecule has 0 aliphatic rings. The van der Waals surface area contributed by atoms with Crippen LogP contribution < -0.4 is 14.2 Å². The van der Waals surface area contributed by atoms with Gasteiger partial charge in [-0.05, 0) is 61.5 Å². The lowest BCUT2D eigenvalue weighted by Gasteiger charge is -2.19. The molecule has 0 N–H and O–H groups in total. The summed E-state index contributed by atoms with van der Waals surface area (Å²) in [5, 5.41) is 12.4. The van der Waals surface area contributed by atoms with Crippen molar-refractivity contribution in [2.45, 2.75) is 13.1 Å². The van der Waals surface area contributed by atoms with Crippen molar-refractivity contribution < 1.29 is 37.1 Å². The highest BCUT2D eigenvalue weighted by Crippen LogP contribution is 2.50. The number of hydrogen-bond acceptors (Lipinski definition) is 6. The van der Waals surface area contributed by atoms with Gasteiger partial charge >= 0.3 is 6.18 Å². The average Bonchev–Trinajstić information content (AvgIpc) is 2.87. The normalized spacial score (nSPS) is 11.1. The minimum atomic E-state index is -4.66. The largest absolute Gasteiger partial charge is 0.453 e. The molecule has 0 saturated carbocycles. The minimum Gasteiger partial charge on any atom is -0.453 e. The summed E-state index contributed by atoms with van der Waals surface area (Å²) >= 11 is 5.92. The molecule has 0 aliphatic heterocycles. The van der Waals surface area contributed by atoms with Gasteiger partial charge in [0, 0.05) is 5.02 Å². The lowest BCUT2D eigenvalue weighted by molar-refractivity contribution is -0.385. The molecule has 38 heavy (non-hydrogen) atoms. The van der Waals surface area contributed by atoms with E-state index in [9.17, 15) is 28.1 Å². The summed E-state index contributed by atoms with van der Waals surface area (Å²) in [7, 11) is 0. The molecule has 4 aromatic carbocycles. The maximum atomic E-state index is 13.3. The Morgan fingerprint density at radius 1 is 0.816 bits per heavy atom. The maximum Gasteiger partial charge on any atom is 0.416 e. The number of nitro groups is 1. The van der Waals surface area contributed by atoms with Crippen LogP contribution in [0.2, 0.25) is 5.02 Å². The van der Waals surface area contributed by atoms with Crippen LogP contribution in [0.15, 0.2) is 84.9 Å². The van der Waals surface area contributed by atoms with Crippen LogP contribution in [0.1, 0.15) is 22.8 Å². The van der Waals surface area contributed by atoms with Crippen LogP contribution in [-0.2, 0) is 6.18 Å². The van der Waals surface area contributed by atoms with E-state index in [2.05, 4.69) is 0 Å². The van der Waals surface area contributed by atoms with Gasteiger partial charge in [-0.1, -0.05) is 35.9 Å². The predicted octanol–water partition coefficient (Wildman–Crippen LogP) is 8.85. The first kappa shape index (κ1) is 26.5. The Morgan fingerprint density at radius 3 is 2.03 bits per heavy atom. The molecule has 0 unspecified atom stereocenters. The Bertz CT molecular complexity index is 1490. The number of alkyl halides is 3. The molecule has 0 fully saturated rings. The zero-order valence-electron chi connectivity index (χ0n) is 19.5. The van der Waals surface area contributed by atoms with Gasteiger partial charge in [0.2, 0.25) is 5.75 Å². The molecule has 0 amide bonds. The third-order valence-corrected chi connectivity index (χ3v) is 5.37. The van der Waals surface area contributed by atoms with E-state index in [1.807, 2.05) is 0 Å². The number of halogens is 4. The molecule has 0 radical (unpaired) electrons. The molecule has 11 heteroatoms. The Balaban J connectivity index is 1.97. The van der Waals surface area contributed by atoms with Crippen LogP contribution in [-0.4, -0.2) is 10.7 Å². The third-order valence-electron chi connectivity index (χ3n) is 5.12. The predicted molar refractivity (Wildman–Crippen MR) is 133 cm³/mol. The number of nitrogens with zero attached hydrogens (tertiary/aromatic N) is 1. The number of carbonyl (C=O) groups is 1. The molecule has 0 saturated heterocycles. The highest BCUT2D eigenvalue weighted by atomic mass is 35.5. The Kier molecular flexibility index (Phi) is 7.54. The van der Waals surface area contributed by atoms with E-state index in [4.69, 9.17) is 25.8 Å².